The van der Waals surface area contributed by atoms with E-state index in [1.165, 1.54) is 6.33 Å². The average Bonchev–Trinajstić information content (AvgIpc) is 2.54. The van der Waals surface area contributed by atoms with Crippen LogP contribution in [0, 0.1) is 0 Å². The van der Waals surface area contributed by atoms with Crippen LogP contribution in [0.5, 0.6) is 5.75 Å². The Bertz CT molecular complexity index is 688. The smallest absolute Gasteiger partial charge is 0.142 e. The first-order chi connectivity index (χ1) is 11.0. The van der Waals surface area contributed by atoms with Crippen molar-refractivity contribution in [3.63, 3.8) is 0 Å². The van der Waals surface area contributed by atoms with Crippen molar-refractivity contribution in [2.45, 2.75) is 19.4 Å². The quantitative estimate of drug-likeness (QED) is 0.937. The van der Waals surface area contributed by atoms with Gasteiger partial charge >= 0.3 is 0 Å². The van der Waals surface area contributed by atoms with Crippen LogP contribution in [0.15, 0.2) is 36.7 Å². The van der Waals surface area contributed by atoms with Crippen molar-refractivity contribution >= 4 is 17.3 Å². The number of benzene rings is 1. The third kappa shape index (κ3) is 3.02. The first-order valence-corrected chi connectivity index (χ1v) is 7.74. The topological polar surface area (TPSA) is 67.5 Å². The fourth-order valence-electron chi connectivity index (χ4n) is 3.18. The lowest BCUT2D eigenvalue weighted by Gasteiger charge is -2.49. The molecule has 0 amide bonds. The van der Waals surface area contributed by atoms with E-state index in [4.69, 9.17) is 10.5 Å². The third-order valence-electron chi connectivity index (χ3n) is 4.28. The second-order valence-corrected chi connectivity index (χ2v) is 6.36. The van der Waals surface area contributed by atoms with Crippen LogP contribution in [0.25, 0.3) is 0 Å². The number of aromatic nitrogens is 2. The zero-order chi connectivity index (χ0) is 16.4. The third-order valence-corrected chi connectivity index (χ3v) is 4.28. The summed E-state index contributed by atoms with van der Waals surface area (Å²) in [6, 6.07) is 9.98. The van der Waals surface area contributed by atoms with Crippen molar-refractivity contribution in [2.75, 3.05) is 42.3 Å². The van der Waals surface area contributed by atoms with E-state index in [0.717, 1.165) is 36.9 Å². The van der Waals surface area contributed by atoms with Gasteiger partial charge in [0.15, 0.2) is 0 Å². The number of para-hydroxylation sites is 2. The molecule has 0 aliphatic carbocycles. The number of nitrogen functional groups attached to an aromatic ring is 1. The highest BCUT2D eigenvalue weighted by atomic mass is 16.5. The van der Waals surface area contributed by atoms with Crippen LogP contribution in [0.1, 0.15) is 13.8 Å². The van der Waals surface area contributed by atoms with E-state index in [9.17, 15) is 0 Å². The van der Waals surface area contributed by atoms with Gasteiger partial charge in [0, 0.05) is 25.7 Å². The Labute approximate surface area is 136 Å². The van der Waals surface area contributed by atoms with Gasteiger partial charge in [-0.3, -0.25) is 0 Å². The van der Waals surface area contributed by atoms with Gasteiger partial charge in [0.25, 0.3) is 0 Å². The number of piperazine rings is 1. The summed E-state index contributed by atoms with van der Waals surface area (Å²) in [5.41, 5.74) is 6.85. The maximum absolute atomic E-state index is 5.78. The molecule has 1 aliphatic heterocycles. The largest absolute Gasteiger partial charge is 0.495 e. The van der Waals surface area contributed by atoms with Gasteiger partial charge in [-0.25, -0.2) is 9.97 Å². The summed E-state index contributed by atoms with van der Waals surface area (Å²) in [6.45, 7) is 7.07. The number of anilines is 3. The predicted octanol–water partition coefficient (Wildman–Crippen LogP) is 2.17. The summed E-state index contributed by atoms with van der Waals surface area (Å²) in [5, 5.41) is 0. The normalized spacial score (nSPS) is 17.2. The minimum Gasteiger partial charge on any atom is -0.495 e. The van der Waals surface area contributed by atoms with Crippen molar-refractivity contribution in [1.29, 1.82) is 0 Å². The molecule has 1 fully saturated rings. The van der Waals surface area contributed by atoms with Gasteiger partial charge in [0.1, 0.15) is 23.7 Å². The first kappa shape index (κ1) is 15.4. The Morgan fingerprint density at radius 1 is 1.17 bits per heavy atom. The lowest BCUT2D eigenvalue weighted by Crippen LogP contribution is -2.60. The number of nitrogens with zero attached hydrogens (tertiary/aromatic N) is 4. The van der Waals surface area contributed by atoms with Crippen LogP contribution >= 0.6 is 0 Å². The molecular formula is C17H23N5O. The number of nitrogens with two attached hydrogens (primary N) is 1. The Balaban J connectivity index is 1.86. The lowest BCUT2D eigenvalue weighted by atomic mass is 9.97. The molecule has 6 heteroatoms. The van der Waals surface area contributed by atoms with Crippen LogP contribution in [0.2, 0.25) is 0 Å². The van der Waals surface area contributed by atoms with Crippen LogP contribution in [0.4, 0.5) is 17.3 Å². The summed E-state index contributed by atoms with van der Waals surface area (Å²) in [4.78, 5) is 13.0. The number of hydrogen-bond donors (Lipinski definition) is 1. The summed E-state index contributed by atoms with van der Waals surface area (Å²) in [5.74, 6) is 2.28. The highest BCUT2D eigenvalue weighted by Crippen LogP contribution is 2.35. The summed E-state index contributed by atoms with van der Waals surface area (Å²) in [6.07, 6.45) is 1.52. The molecule has 23 heavy (non-hydrogen) atoms. The van der Waals surface area contributed by atoms with E-state index in [2.05, 4.69) is 39.7 Å². The Kier molecular flexibility index (Phi) is 3.98. The number of hydrogen-bond acceptors (Lipinski definition) is 6. The number of methoxy groups -OCH3 is 1. The van der Waals surface area contributed by atoms with Crippen molar-refractivity contribution in [1.82, 2.24) is 9.97 Å². The Hall–Kier alpha value is -2.50. The summed E-state index contributed by atoms with van der Waals surface area (Å²) >= 11 is 0. The molecule has 0 atom stereocenters. The Morgan fingerprint density at radius 3 is 2.65 bits per heavy atom. The monoisotopic (exact) mass is 313 g/mol. The fraction of sp³-hybridized carbons (Fsp3) is 0.412. The van der Waals surface area contributed by atoms with E-state index in [1.54, 1.807) is 7.11 Å². The molecule has 6 nitrogen and oxygen atoms in total. The van der Waals surface area contributed by atoms with Crippen molar-refractivity contribution in [2.24, 2.45) is 0 Å². The zero-order valence-corrected chi connectivity index (χ0v) is 13.9. The fourth-order valence-corrected chi connectivity index (χ4v) is 3.18. The van der Waals surface area contributed by atoms with Gasteiger partial charge in [-0.1, -0.05) is 12.1 Å². The first-order valence-electron chi connectivity index (χ1n) is 7.74. The second-order valence-electron chi connectivity index (χ2n) is 6.36. The molecule has 2 heterocycles. The predicted molar refractivity (Wildman–Crippen MR) is 93.1 cm³/mol. The summed E-state index contributed by atoms with van der Waals surface area (Å²) < 4.78 is 5.53. The van der Waals surface area contributed by atoms with Gasteiger partial charge < -0.3 is 20.3 Å². The molecule has 122 valence electrons. The molecule has 0 radical (unpaired) electrons. The van der Waals surface area contributed by atoms with Crippen molar-refractivity contribution < 1.29 is 4.74 Å². The molecule has 0 spiro atoms. The molecular weight excluding hydrogens is 290 g/mol. The molecule has 2 aromatic rings. The van der Waals surface area contributed by atoms with Crippen LogP contribution in [-0.4, -0.2) is 42.3 Å². The number of rotatable bonds is 3. The Morgan fingerprint density at radius 2 is 1.96 bits per heavy atom. The van der Waals surface area contributed by atoms with Crippen LogP contribution in [0.3, 0.4) is 0 Å². The molecule has 0 unspecified atom stereocenters. The van der Waals surface area contributed by atoms with Crippen LogP contribution in [-0.2, 0) is 0 Å². The minimum absolute atomic E-state index is 0.0629. The van der Waals surface area contributed by atoms with Crippen molar-refractivity contribution in [3.8, 4) is 5.75 Å². The highest BCUT2D eigenvalue weighted by molar-refractivity contribution is 5.61. The second kappa shape index (κ2) is 5.95. The van der Waals surface area contributed by atoms with Gasteiger partial charge in [0.2, 0.25) is 0 Å². The lowest BCUT2D eigenvalue weighted by molar-refractivity contribution is 0.388. The molecule has 0 saturated carbocycles. The van der Waals surface area contributed by atoms with E-state index in [1.807, 2.05) is 24.3 Å². The zero-order valence-electron chi connectivity index (χ0n) is 13.9. The maximum Gasteiger partial charge on any atom is 0.142 e. The van der Waals surface area contributed by atoms with Gasteiger partial charge in [-0.05, 0) is 26.0 Å². The number of ether oxygens (including phenoxy) is 1. The van der Waals surface area contributed by atoms with Crippen LogP contribution < -0.4 is 20.3 Å². The van der Waals surface area contributed by atoms with E-state index < -0.39 is 0 Å². The standard InChI is InChI=1S/C17H23N5O/c1-17(2)11-21(16-10-15(18)19-12-20-16)8-9-22(17)13-6-4-5-7-14(13)23-3/h4-7,10,12H,8-9,11H2,1-3H3,(H2,18,19,20). The van der Waals surface area contributed by atoms with E-state index >= 15 is 0 Å². The summed E-state index contributed by atoms with van der Waals surface area (Å²) in [7, 11) is 1.71. The van der Waals surface area contributed by atoms with Gasteiger partial charge in [-0.2, -0.15) is 0 Å². The maximum atomic E-state index is 5.78. The minimum atomic E-state index is -0.0629. The molecule has 1 aliphatic rings. The molecule has 0 bridgehead atoms. The van der Waals surface area contributed by atoms with Crippen molar-refractivity contribution in [3.05, 3.63) is 36.7 Å². The van der Waals surface area contributed by atoms with E-state index in [-0.39, 0.29) is 5.54 Å². The van der Waals surface area contributed by atoms with Gasteiger partial charge in [-0.15, -0.1) is 0 Å². The SMILES string of the molecule is COc1ccccc1N1CCN(c2cc(N)ncn2)CC1(C)C. The molecule has 1 aromatic heterocycles. The highest BCUT2D eigenvalue weighted by Gasteiger charge is 2.35. The molecule has 3 rings (SSSR count). The van der Waals surface area contributed by atoms with E-state index in [0.29, 0.717) is 5.82 Å². The van der Waals surface area contributed by atoms with Gasteiger partial charge in [0.05, 0.1) is 18.3 Å². The average molecular weight is 313 g/mol. The molecule has 2 N–H and O–H groups in total. The molecule has 1 aromatic carbocycles. The molecule has 1 saturated heterocycles.